The van der Waals surface area contributed by atoms with Gasteiger partial charge in [-0.1, -0.05) is 0 Å². The molecular formula is C2CdN2. The van der Waals surface area contributed by atoms with Gasteiger partial charge < -0.3 is 23.7 Å². The van der Waals surface area contributed by atoms with E-state index < -0.39 is 0 Å². The van der Waals surface area contributed by atoms with Crippen LogP contribution >= 0.6 is 0 Å². The maximum atomic E-state index is 6.25. The van der Waals surface area contributed by atoms with E-state index in [1.807, 2.05) is 0 Å². The molecule has 0 aliphatic carbocycles. The van der Waals surface area contributed by atoms with Crippen molar-refractivity contribution in [2.75, 3.05) is 0 Å². The molecule has 3 heteroatoms. The monoisotopic (exact) mass is 166 g/mol. The molecule has 0 spiro atoms. The fraction of sp³-hybridized carbons (Fsp3) is 0. The molecule has 0 aromatic heterocycles. The molecule has 0 fully saturated rings. The Bertz CT molecular complexity index is 23.1. The molecule has 0 aliphatic heterocycles. The predicted octanol–water partition coefficient (Wildman–Crippen LogP) is 0.190. The predicted molar refractivity (Wildman–Crippen MR) is 9.94 cm³/mol. The Balaban J connectivity index is -0.0000000133. The van der Waals surface area contributed by atoms with Crippen LogP contribution in [0.15, 0.2) is 0 Å². The summed E-state index contributed by atoms with van der Waals surface area (Å²) in [7, 11) is 0. The van der Waals surface area contributed by atoms with E-state index >= 15 is 0 Å². The molecule has 0 bridgehead atoms. The maximum Gasteiger partial charge on any atom is 2.00 e. The Labute approximate surface area is 51.2 Å². The first kappa shape index (κ1) is 20.6. The van der Waals surface area contributed by atoms with Crippen LogP contribution in [0.3, 0.4) is 0 Å². The van der Waals surface area contributed by atoms with Crippen molar-refractivity contribution in [2.45, 2.75) is 0 Å². The van der Waals surface area contributed by atoms with Gasteiger partial charge in [-0.2, -0.15) is 0 Å². The molecular weight excluding hydrogens is 164 g/mol. The minimum absolute atomic E-state index is 0. The summed E-state index contributed by atoms with van der Waals surface area (Å²) in [5.74, 6) is 0. The average Bonchev–Trinajstić information content (AvgIpc) is 1.50. The van der Waals surface area contributed by atoms with Crippen LogP contribution in [0.25, 0.3) is 0 Å². The molecule has 0 amide bonds. The summed E-state index contributed by atoms with van der Waals surface area (Å²) < 4.78 is 0. The fourth-order valence-corrected chi connectivity index (χ4v) is 0. The number of hydrogen-bond donors (Lipinski definition) is 0. The van der Waals surface area contributed by atoms with Crippen LogP contribution in [0.5, 0.6) is 0 Å². The van der Waals surface area contributed by atoms with Gasteiger partial charge in [0.2, 0.25) is 0 Å². The largest absolute Gasteiger partial charge is 2.00 e. The molecule has 0 atom stereocenters. The van der Waals surface area contributed by atoms with Gasteiger partial charge in [-0.25, -0.2) is 0 Å². The Hall–Kier alpha value is -0.0979. The molecule has 0 saturated heterocycles. The first-order valence-electron chi connectivity index (χ1n) is 0.447. The van der Waals surface area contributed by atoms with Gasteiger partial charge in [-0.05, 0) is 0 Å². The van der Waals surface area contributed by atoms with Crippen molar-refractivity contribution in [3.8, 4) is 0 Å². The van der Waals surface area contributed by atoms with Crippen molar-refractivity contribution in [3.63, 3.8) is 0 Å². The Morgan fingerprint density at radius 1 is 0.800 bits per heavy atom. The molecule has 0 unspecified atom stereocenters. The van der Waals surface area contributed by atoms with Gasteiger partial charge in [0.25, 0.3) is 0 Å². The van der Waals surface area contributed by atoms with Crippen LogP contribution in [0.4, 0.5) is 0 Å². The summed E-state index contributed by atoms with van der Waals surface area (Å²) in [4.78, 5) is 0. The third-order valence-corrected chi connectivity index (χ3v) is 0. The Morgan fingerprint density at radius 3 is 0.800 bits per heavy atom. The van der Waals surface area contributed by atoms with Crippen LogP contribution in [-0.2, 0) is 27.3 Å². The van der Waals surface area contributed by atoms with Gasteiger partial charge in [-0.15, -0.1) is 0 Å². The Morgan fingerprint density at radius 2 is 0.800 bits per heavy atom. The topological polar surface area (TPSA) is 47.6 Å². The second-order valence-corrected chi connectivity index (χ2v) is 0. The van der Waals surface area contributed by atoms with Gasteiger partial charge in [0.15, 0.2) is 0 Å². The van der Waals surface area contributed by atoms with Gasteiger partial charge in [0.1, 0.15) is 0 Å². The van der Waals surface area contributed by atoms with Crippen molar-refractivity contribution in [3.05, 3.63) is 13.1 Å². The Kier molecular flexibility index (Phi) is 14100. The molecule has 0 radical (unpaired) electrons. The smallest absolute Gasteiger partial charge is 0.512 e. The molecule has 0 aromatic carbocycles. The molecule has 0 aromatic rings. The zero-order chi connectivity index (χ0) is 4.00. The van der Waals surface area contributed by atoms with E-state index in [0.717, 1.165) is 0 Å². The third-order valence-electron chi connectivity index (χ3n) is 0. The van der Waals surface area contributed by atoms with Crippen LogP contribution in [0.1, 0.15) is 0 Å². The number of nitrogens with zero attached hydrogens (tertiary/aromatic N) is 2. The number of rotatable bonds is 0. The molecule has 20 valence electrons. The van der Waals surface area contributed by atoms with E-state index in [1.54, 1.807) is 0 Å². The fourth-order valence-electron chi connectivity index (χ4n) is 0. The summed E-state index contributed by atoms with van der Waals surface area (Å²) in [5.41, 5.74) is 0. The first-order valence-corrected chi connectivity index (χ1v) is 0.447. The molecule has 2 nitrogen and oxygen atoms in total. The summed E-state index contributed by atoms with van der Waals surface area (Å²) in [6.45, 7) is 9.50. The minimum atomic E-state index is 0. The van der Waals surface area contributed by atoms with Gasteiger partial charge in [0, 0.05) is 0 Å². The normalized spacial score (nSPS) is 0.800. The van der Waals surface area contributed by atoms with Crippen LogP contribution in [-0.4, -0.2) is 0 Å². The maximum absolute atomic E-state index is 6.25. The summed E-state index contributed by atoms with van der Waals surface area (Å²) in [5, 5.41) is 12.5. The SMILES string of the molecule is [C-]#N.[C-]#N.[Cd+2]. The van der Waals surface area contributed by atoms with Gasteiger partial charge in [0.05, 0.1) is 0 Å². The van der Waals surface area contributed by atoms with Crippen molar-refractivity contribution in [1.29, 1.82) is 10.5 Å². The molecule has 0 N–H and O–H groups in total. The summed E-state index contributed by atoms with van der Waals surface area (Å²) in [6, 6.07) is 0. The first-order chi connectivity index (χ1) is 2.00. The summed E-state index contributed by atoms with van der Waals surface area (Å²) >= 11 is 0. The van der Waals surface area contributed by atoms with Gasteiger partial charge in [-0.3, -0.25) is 0 Å². The molecule has 5 heavy (non-hydrogen) atoms. The van der Waals surface area contributed by atoms with E-state index in [1.165, 1.54) is 0 Å². The van der Waals surface area contributed by atoms with E-state index in [0.29, 0.717) is 0 Å². The minimum Gasteiger partial charge on any atom is -0.512 e. The molecule has 0 saturated carbocycles. The van der Waals surface area contributed by atoms with E-state index in [9.17, 15) is 0 Å². The van der Waals surface area contributed by atoms with Gasteiger partial charge >= 0.3 is 27.3 Å². The van der Waals surface area contributed by atoms with Crippen molar-refractivity contribution in [1.82, 2.24) is 0 Å². The van der Waals surface area contributed by atoms with Crippen LogP contribution < -0.4 is 0 Å². The number of hydrogen-bond acceptors (Lipinski definition) is 2. The molecule has 0 heterocycles. The van der Waals surface area contributed by atoms with E-state index in [-0.39, 0.29) is 27.3 Å². The van der Waals surface area contributed by atoms with E-state index in [4.69, 9.17) is 23.7 Å². The zero-order valence-corrected chi connectivity index (χ0v) is 6.64. The second-order valence-electron chi connectivity index (χ2n) is 0. The second kappa shape index (κ2) is 3430. The van der Waals surface area contributed by atoms with Crippen LogP contribution in [0.2, 0.25) is 0 Å². The summed E-state index contributed by atoms with van der Waals surface area (Å²) in [6.07, 6.45) is 0. The zero-order valence-electron chi connectivity index (χ0n) is 2.60. The van der Waals surface area contributed by atoms with Crippen molar-refractivity contribution >= 4 is 0 Å². The van der Waals surface area contributed by atoms with E-state index in [2.05, 4.69) is 0 Å². The van der Waals surface area contributed by atoms with Crippen LogP contribution in [0, 0.1) is 23.7 Å². The molecule has 0 rings (SSSR count). The average molecular weight is 164 g/mol. The standard InChI is InChI=1S/2CN.Cd/c2*1-2;/q2*-1;+2. The van der Waals surface area contributed by atoms with Crippen molar-refractivity contribution in [2.24, 2.45) is 0 Å². The molecule has 0 aliphatic rings. The quantitative estimate of drug-likeness (QED) is 0.379. The third kappa shape index (κ3) is 1470. The van der Waals surface area contributed by atoms with Crippen molar-refractivity contribution < 1.29 is 27.3 Å².